The van der Waals surface area contributed by atoms with Gasteiger partial charge in [0.05, 0.1) is 6.61 Å². The van der Waals surface area contributed by atoms with Crippen molar-refractivity contribution in [2.75, 3.05) is 6.61 Å². The normalized spacial score (nSPS) is 9.67. The Kier molecular flexibility index (Phi) is 5.25. The monoisotopic (exact) mass is 210 g/mol. The molecule has 0 aliphatic heterocycles. The maximum absolute atomic E-state index is 10.4. The van der Waals surface area contributed by atoms with E-state index < -0.39 is 6.16 Å². The Morgan fingerprint density at radius 3 is 2.60 bits per heavy atom. The van der Waals surface area contributed by atoms with E-state index in [0.29, 0.717) is 0 Å². The second kappa shape index (κ2) is 6.84. The first-order valence-corrected chi connectivity index (χ1v) is 4.85. The molecule has 4 nitrogen and oxygen atoms in total. The molecule has 82 valence electrons. The van der Waals surface area contributed by atoms with Gasteiger partial charge in [-0.15, -0.1) is 0 Å². The molecule has 0 bridgehead atoms. The molecule has 0 saturated heterocycles. The molecule has 0 heterocycles. The summed E-state index contributed by atoms with van der Waals surface area (Å²) in [6, 6.07) is 10.1. The van der Waals surface area contributed by atoms with Gasteiger partial charge in [0.2, 0.25) is 0 Å². The molecular formula is C11H14O4. The number of carbonyl (C=O) groups excluding carboxylic acids is 1. The van der Waals surface area contributed by atoms with Crippen molar-refractivity contribution in [3.8, 4) is 0 Å². The Labute approximate surface area is 88.4 Å². The quantitative estimate of drug-likeness (QED) is 0.351. The second-order valence-electron chi connectivity index (χ2n) is 3.13. The molecule has 0 spiro atoms. The zero-order chi connectivity index (χ0) is 10.9. The van der Waals surface area contributed by atoms with E-state index in [1.54, 1.807) is 0 Å². The maximum Gasteiger partial charge on any atom is 0.540 e. The lowest BCUT2D eigenvalue weighted by atomic mass is 10.1. The molecule has 1 aromatic rings. The first-order chi connectivity index (χ1) is 7.33. The molecule has 0 aromatic heterocycles. The molecule has 15 heavy (non-hydrogen) atoms. The summed E-state index contributed by atoms with van der Waals surface area (Å²) in [5.74, 6) is 0. The van der Waals surface area contributed by atoms with Gasteiger partial charge in [-0.3, -0.25) is 4.89 Å². The molecule has 0 aliphatic carbocycles. The molecule has 0 unspecified atom stereocenters. The van der Waals surface area contributed by atoms with Gasteiger partial charge in [-0.05, 0) is 24.8 Å². The van der Waals surface area contributed by atoms with Gasteiger partial charge < -0.3 is 4.74 Å². The van der Waals surface area contributed by atoms with Crippen LogP contribution in [0, 0.1) is 0 Å². The number of unbranched alkanes of at least 4 members (excludes halogenated alkanes) is 1. The lowest BCUT2D eigenvalue weighted by Crippen LogP contribution is -2.05. The minimum absolute atomic E-state index is 0.270. The topological polar surface area (TPSA) is 55.8 Å². The van der Waals surface area contributed by atoms with Gasteiger partial charge in [0.1, 0.15) is 0 Å². The molecule has 0 aliphatic rings. The molecular weight excluding hydrogens is 196 g/mol. The highest BCUT2D eigenvalue weighted by molar-refractivity contribution is 5.58. The van der Waals surface area contributed by atoms with Crippen molar-refractivity contribution >= 4 is 6.16 Å². The highest BCUT2D eigenvalue weighted by atomic mass is 17.1. The number of aryl methyl sites for hydroxylation is 1. The van der Waals surface area contributed by atoms with E-state index in [4.69, 9.17) is 5.26 Å². The van der Waals surface area contributed by atoms with E-state index in [9.17, 15) is 4.79 Å². The summed E-state index contributed by atoms with van der Waals surface area (Å²) >= 11 is 0. The number of ether oxygens (including phenoxy) is 1. The van der Waals surface area contributed by atoms with Crippen molar-refractivity contribution in [3.63, 3.8) is 0 Å². The second-order valence-corrected chi connectivity index (χ2v) is 3.13. The Hall–Kier alpha value is -1.55. The Balaban J connectivity index is 2.05. The highest BCUT2D eigenvalue weighted by Gasteiger charge is 2.00. The first kappa shape index (κ1) is 11.5. The van der Waals surface area contributed by atoms with Gasteiger partial charge in [0, 0.05) is 0 Å². The molecule has 1 N–H and O–H groups in total. The van der Waals surface area contributed by atoms with Crippen LogP contribution in [0.5, 0.6) is 0 Å². The van der Waals surface area contributed by atoms with Crippen LogP contribution in [0.15, 0.2) is 30.3 Å². The summed E-state index contributed by atoms with van der Waals surface area (Å²) in [5, 5.41) is 7.89. The van der Waals surface area contributed by atoms with E-state index in [0.717, 1.165) is 19.3 Å². The number of benzene rings is 1. The fraction of sp³-hybridized carbons (Fsp3) is 0.364. The van der Waals surface area contributed by atoms with Crippen LogP contribution < -0.4 is 0 Å². The summed E-state index contributed by atoms with van der Waals surface area (Å²) in [7, 11) is 0. The smallest absolute Gasteiger partial charge is 0.432 e. The fourth-order valence-corrected chi connectivity index (χ4v) is 1.26. The van der Waals surface area contributed by atoms with Crippen LogP contribution in [-0.4, -0.2) is 18.0 Å². The summed E-state index contributed by atoms with van der Waals surface area (Å²) in [6.45, 7) is 0.270. The highest BCUT2D eigenvalue weighted by Crippen LogP contribution is 2.04. The Morgan fingerprint density at radius 2 is 1.93 bits per heavy atom. The maximum atomic E-state index is 10.4. The third-order valence-corrected chi connectivity index (χ3v) is 2.00. The zero-order valence-corrected chi connectivity index (χ0v) is 8.39. The lowest BCUT2D eigenvalue weighted by Gasteiger charge is -2.02. The van der Waals surface area contributed by atoms with Gasteiger partial charge in [-0.2, -0.15) is 5.26 Å². The van der Waals surface area contributed by atoms with Gasteiger partial charge in [0.15, 0.2) is 0 Å². The van der Waals surface area contributed by atoms with E-state index in [1.165, 1.54) is 5.56 Å². The molecule has 1 rings (SSSR count). The van der Waals surface area contributed by atoms with Crippen molar-refractivity contribution in [2.24, 2.45) is 0 Å². The summed E-state index contributed by atoms with van der Waals surface area (Å²) < 4.78 is 4.52. The van der Waals surface area contributed by atoms with Crippen molar-refractivity contribution in [2.45, 2.75) is 19.3 Å². The van der Waals surface area contributed by atoms with Crippen molar-refractivity contribution in [3.05, 3.63) is 35.9 Å². The predicted molar refractivity (Wildman–Crippen MR) is 54.4 cm³/mol. The van der Waals surface area contributed by atoms with Gasteiger partial charge in [-0.25, -0.2) is 4.79 Å². The third-order valence-electron chi connectivity index (χ3n) is 2.00. The van der Waals surface area contributed by atoms with Crippen LogP contribution >= 0.6 is 0 Å². The van der Waals surface area contributed by atoms with E-state index >= 15 is 0 Å². The molecule has 0 radical (unpaired) electrons. The minimum atomic E-state index is -1.05. The Morgan fingerprint density at radius 1 is 1.20 bits per heavy atom. The third kappa shape index (κ3) is 5.02. The molecule has 0 amide bonds. The first-order valence-electron chi connectivity index (χ1n) is 4.85. The predicted octanol–water partition coefficient (Wildman–Crippen LogP) is 2.64. The van der Waals surface area contributed by atoms with Crippen LogP contribution in [0.3, 0.4) is 0 Å². The Bertz CT molecular complexity index is 284. The van der Waals surface area contributed by atoms with Crippen molar-refractivity contribution < 1.29 is 19.7 Å². The standard InChI is InChI=1S/C11H14O4/c12-11(15-13)14-9-5-4-8-10-6-2-1-3-7-10/h1-3,6-7,13H,4-5,8-9H2. The zero-order valence-electron chi connectivity index (χ0n) is 8.39. The molecule has 4 heteroatoms. The largest absolute Gasteiger partial charge is 0.540 e. The van der Waals surface area contributed by atoms with E-state index in [1.807, 2.05) is 18.2 Å². The number of carbonyl (C=O) groups is 1. The number of hydrogen-bond acceptors (Lipinski definition) is 4. The molecule has 0 atom stereocenters. The van der Waals surface area contributed by atoms with E-state index in [-0.39, 0.29) is 6.61 Å². The molecule has 0 saturated carbocycles. The summed E-state index contributed by atoms with van der Waals surface area (Å²) in [4.78, 5) is 13.7. The van der Waals surface area contributed by atoms with Crippen molar-refractivity contribution in [1.82, 2.24) is 0 Å². The van der Waals surface area contributed by atoms with Crippen molar-refractivity contribution in [1.29, 1.82) is 0 Å². The van der Waals surface area contributed by atoms with Gasteiger partial charge >= 0.3 is 6.16 Å². The van der Waals surface area contributed by atoms with Crippen LogP contribution in [0.1, 0.15) is 18.4 Å². The SMILES string of the molecule is O=C(OO)OCCCCc1ccccc1. The fourth-order valence-electron chi connectivity index (χ4n) is 1.26. The van der Waals surface area contributed by atoms with Gasteiger partial charge in [-0.1, -0.05) is 30.3 Å². The lowest BCUT2D eigenvalue weighted by molar-refractivity contribution is -0.200. The van der Waals surface area contributed by atoms with Crippen LogP contribution in [0.2, 0.25) is 0 Å². The number of hydrogen-bond donors (Lipinski definition) is 1. The van der Waals surface area contributed by atoms with Gasteiger partial charge in [0.25, 0.3) is 0 Å². The average molecular weight is 210 g/mol. The average Bonchev–Trinajstić information content (AvgIpc) is 2.29. The van der Waals surface area contributed by atoms with Crippen LogP contribution in [0.4, 0.5) is 4.79 Å². The summed E-state index contributed by atoms with van der Waals surface area (Å²) in [6.07, 6.45) is 1.60. The van der Waals surface area contributed by atoms with E-state index in [2.05, 4.69) is 21.8 Å². The number of rotatable bonds is 5. The minimum Gasteiger partial charge on any atom is -0.432 e. The van der Waals surface area contributed by atoms with Crippen LogP contribution in [0.25, 0.3) is 0 Å². The van der Waals surface area contributed by atoms with Crippen LogP contribution in [-0.2, 0) is 16.0 Å². The molecule has 0 fully saturated rings. The molecule has 1 aromatic carbocycles. The summed E-state index contributed by atoms with van der Waals surface area (Å²) in [5.41, 5.74) is 1.27.